The minimum atomic E-state index is -1.01. The van der Waals surface area contributed by atoms with Gasteiger partial charge in [-0.1, -0.05) is 29.3 Å². The zero-order valence-corrected chi connectivity index (χ0v) is 15.3. The van der Waals surface area contributed by atoms with Crippen molar-refractivity contribution in [3.63, 3.8) is 0 Å². The van der Waals surface area contributed by atoms with E-state index in [4.69, 9.17) is 11.6 Å². The Bertz CT molecular complexity index is 1030. The molecule has 2 N–H and O–H groups in total. The number of fused-ring (bicyclic) bond motifs is 1. The molecule has 1 aromatic heterocycles. The monoisotopic (exact) mass is 371 g/mol. The average molecular weight is 372 g/mol. The number of aliphatic carboxylic acids is 1. The lowest BCUT2D eigenvalue weighted by atomic mass is 9.98. The molecule has 0 aliphatic rings. The Morgan fingerprint density at radius 3 is 2.31 bits per heavy atom. The first-order valence-electron chi connectivity index (χ1n) is 8.10. The summed E-state index contributed by atoms with van der Waals surface area (Å²) in [4.78, 5) is 24.7. The van der Waals surface area contributed by atoms with Crippen LogP contribution in [0.5, 0.6) is 5.75 Å². The van der Waals surface area contributed by atoms with Crippen LogP contribution in [0.4, 0.5) is 0 Å². The fourth-order valence-electron chi connectivity index (χ4n) is 3.21. The normalized spacial score (nSPS) is 12.3. The maximum atomic E-state index is 13.1. The van der Waals surface area contributed by atoms with Crippen LogP contribution in [0.25, 0.3) is 10.9 Å². The number of aromatic nitrogens is 1. The van der Waals surface area contributed by atoms with E-state index in [1.165, 1.54) is 16.7 Å². The molecule has 0 aliphatic carbocycles. The van der Waals surface area contributed by atoms with E-state index in [-0.39, 0.29) is 16.7 Å². The van der Waals surface area contributed by atoms with E-state index in [2.05, 4.69) is 0 Å². The summed E-state index contributed by atoms with van der Waals surface area (Å²) >= 11 is 6.04. The van der Waals surface area contributed by atoms with Crippen LogP contribution >= 0.6 is 11.6 Å². The van der Waals surface area contributed by atoms with Gasteiger partial charge in [-0.2, -0.15) is 0 Å². The molecule has 5 nitrogen and oxygen atoms in total. The van der Waals surface area contributed by atoms with Crippen LogP contribution in [-0.2, 0) is 4.79 Å². The van der Waals surface area contributed by atoms with E-state index >= 15 is 0 Å². The lowest BCUT2D eigenvalue weighted by Gasteiger charge is -2.09. The number of carboxylic acid groups (broad SMARTS) is 1. The Hall–Kier alpha value is -2.79. The van der Waals surface area contributed by atoms with Crippen molar-refractivity contribution in [2.45, 2.75) is 26.7 Å². The van der Waals surface area contributed by atoms with Crippen molar-refractivity contribution >= 4 is 34.4 Å². The largest absolute Gasteiger partial charge is 0.506 e. The van der Waals surface area contributed by atoms with Crippen molar-refractivity contribution < 1.29 is 19.8 Å². The molecule has 1 unspecified atom stereocenters. The summed E-state index contributed by atoms with van der Waals surface area (Å²) in [6, 6.07) is 10.0. The highest BCUT2D eigenvalue weighted by molar-refractivity contribution is 6.33. The molecule has 0 radical (unpaired) electrons. The third kappa shape index (κ3) is 2.84. The van der Waals surface area contributed by atoms with Crippen LogP contribution in [0.1, 0.15) is 40.0 Å². The molecule has 26 heavy (non-hydrogen) atoms. The molecular formula is C20H18ClNO4. The number of benzene rings is 2. The number of rotatable bonds is 3. The van der Waals surface area contributed by atoms with Crippen molar-refractivity contribution in [3.05, 3.63) is 63.8 Å². The second-order valence-electron chi connectivity index (χ2n) is 6.39. The topological polar surface area (TPSA) is 79.5 Å². The summed E-state index contributed by atoms with van der Waals surface area (Å²) in [6.07, 6.45) is 0. The van der Waals surface area contributed by atoms with Crippen LogP contribution in [-0.4, -0.2) is 26.7 Å². The Morgan fingerprint density at radius 2 is 1.73 bits per heavy atom. The molecule has 1 heterocycles. The van der Waals surface area contributed by atoms with Gasteiger partial charge in [-0.15, -0.1) is 0 Å². The number of hydrogen-bond acceptors (Lipinski definition) is 3. The van der Waals surface area contributed by atoms with Gasteiger partial charge in [0, 0.05) is 16.6 Å². The Balaban J connectivity index is 2.33. The van der Waals surface area contributed by atoms with Gasteiger partial charge in [-0.3, -0.25) is 14.2 Å². The van der Waals surface area contributed by atoms with Gasteiger partial charge in [0.25, 0.3) is 5.91 Å². The first-order valence-corrected chi connectivity index (χ1v) is 8.47. The Kier molecular flexibility index (Phi) is 4.50. The van der Waals surface area contributed by atoms with Crippen molar-refractivity contribution in [2.75, 3.05) is 0 Å². The number of hydrogen-bond donors (Lipinski definition) is 2. The molecule has 0 fully saturated rings. The van der Waals surface area contributed by atoms with Crippen LogP contribution in [0, 0.1) is 13.8 Å². The molecule has 0 bridgehead atoms. The molecule has 3 rings (SSSR count). The van der Waals surface area contributed by atoms with Gasteiger partial charge in [0.05, 0.1) is 16.5 Å². The Labute approximate surface area is 155 Å². The minimum absolute atomic E-state index is 0.0995. The van der Waals surface area contributed by atoms with E-state index in [0.717, 1.165) is 5.56 Å². The fourth-order valence-corrected chi connectivity index (χ4v) is 3.36. The average Bonchev–Trinajstić information content (AvgIpc) is 2.85. The number of carboxylic acids is 1. The van der Waals surface area contributed by atoms with Gasteiger partial charge in [0.1, 0.15) is 5.75 Å². The van der Waals surface area contributed by atoms with Gasteiger partial charge < -0.3 is 10.2 Å². The summed E-state index contributed by atoms with van der Waals surface area (Å²) in [7, 11) is 0. The van der Waals surface area contributed by atoms with Gasteiger partial charge in [-0.05, 0) is 50.6 Å². The maximum Gasteiger partial charge on any atom is 0.310 e. The van der Waals surface area contributed by atoms with Gasteiger partial charge in [0.2, 0.25) is 0 Å². The quantitative estimate of drug-likeness (QED) is 0.710. The van der Waals surface area contributed by atoms with Crippen LogP contribution in [0.3, 0.4) is 0 Å². The SMILES string of the molecule is Cc1ccc(C(=O)n2c(C)c(C(C)C(=O)O)c3cc(O)c(Cl)cc32)cc1. The van der Waals surface area contributed by atoms with Crippen molar-refractivity contribution in [3.8, 4) is 5.75 Å². The molecule has 0 amide bonds. The second kappa shape index (κ2) is 6.50. The standard InChI is InChI=1S/C20H18ClNO4/c1-10-4-6-13(7-5-10)19(24)22-12(3)18(11(2)20(25)26)14-8-17(23)15(21)9-16(14)22/h4-9,11,23H,1-3H3,(H,25,26). The highest BCUT2D eigenvalue weighted by atomic mass is 35.5. The molecule has 0 saturated heterocycles. The Morgan fingerprint density at radius 1 is 1.12 bits per heavy atom. The lowest BCUT2D eigenvalue weighted by Crippen LogP contribution is -2.15. The van der Waals surface area contributed by atoms with Gasteiger partial charge in [0.15, 0.2) is 0 Å². The molecule has 0 aliphatic heterocycles. The van der Waals surface area contributed by atoms with Crippen molar-refractivity contribution in [2.24, 2.45) is 0 Å². The van der Waals surface area contributed by atoms with Crippen molar-refractivity contribution in [1.82, 2.24) is 4.57 Å². The molecule has 2 aromatic carbocycles. The third-order valence-corrected chi connectivity index (χ3v) is 4.93. The predicted molar refractivity (Wildman–Crippen MR) is 100 cm³/mol. The summed E-state index contributed by atoms with van der Waals surface area (Å²) in [6.45, 7) is 5.18. The third-order valence-electron chi connectivity index (χ3n) is 4.63. The summed E-state index contributed by atoms with van der Waals surface area (Å²) in [5.74, 6) is -2.29. The summed E-state index contributed by atoms with van der Waals surface area (Å²) in [5, 5.41) is 20.0. The molecule has 134 valence electrons. The smallest absolute Gasteiger partial charge is 0.310 e. The maximum absolute atomic E-state index is 13.1. The highest BCUT2D eigenvalue weighted by Crippen LogP contribution is 2.37. The number of phenols is 1. The fraction of sp³-hybridized carbons (Fsp3) is 0.200. The van der Waals surface area contributed by atoms with Crippen LogP contribution in [0.2, 0.25) is 5.02 Å². The molecular weight excluding hydrogens is 354 g/mol. The van der Waals surface area contributed by atoms with E-state index < -0.39 is 11.9 Å². The second-order valence-corrected chi connectivity index (χ2v) is 6.79. The zero-order valence-electron chi connectivity index (χ0n) is 14.6. The van der Waals surface area contributed by atoms with E-state index in [0.29, 0.717) is 27.7 Å². The summed E-state index contributed by atoms with van der Waals surface area (Å²) in [5.41, 5.74) is 2.99. The number of aryl methyl sites for hydroxylation is 1. The van der Waals surface area contributed by atoms with E-state index in [9.17, 15) is 19.8 Å². The lowest BCUT2D eigenvalue weighted by molar-refractivity contribution is -0.138. The number of nitrogens with zero attached hydrogens (tertiary/aromatic N) is 1. The first kappa shape index (κ1) is 18.0. The number of carbonyl (C=O) groups is 2. The van der Waals surface area contributed by atoms with Crippen molar-refractivity contribution in [1.29, 1.82) is 0 Å². The van der Waals surface area contributed by atoms with Gasteiger partial charge >= 0.3 is 5.97 Å². The molecule has 1 atom stereocenters. The zero-order chi connectivity index (χ0) is 19.2. The van der Waals surface area contributed by atoms with Gasteiger partial charge in [-0.25, -0.2) is 0 Å². The molecule has 0 spiro atoms. The number of phenolic OH excluding ortho intramolecular Hbond substituents is 1. The predicted octanol–water partition coefficient (Wildman–Crippen LogP) is 4.49. The number of halogens is 1. The van der Waals surface area contributed by atoms with Crippen LogP contribution in [0.15, 0.2) is 36.4 Å². The first-order chi connectivity index (χ1) is 12.2. The van der Waals surface area contributed by atoms with E-state index in [1.807, 2.05) is 19.1 Å². The minimum Gasteiger partial charge on any atom is -0.506 e. The molecule has 3 aromatic rings. The summed E-state index contributed by atoms with van der Waals surface area (Å²) < 4.78 is 1.46. The molecule has 0 saturated carbocycles. The molecule has 6 heteroatoms. The highest BCUT2D eigenvalue weighted by Gasteiger charge is 2.27. The van der Waals surface area contributed by atoms with Crippen LogP contribution < -0.4 is 0 Å². The number of carbonyl (C=O) groups excluding carboxylic acids is 1. The van der Waals surface area contributed by atoms with E-state index in [1.54, 1.807) is 26.0 Å². The number of aromatic hydroxyl groups is 1.